The standard InChI is InChI=1S/C15H14BrFN2O/c1-2-14(10-3-5-11(16)6-4-10)19-15(20)12-7-8-18-9-13(12)17/h3-9,14H,2H2,1H3,(H,19,20). The molecular weight excluding hydrogens is 323 g/mol. The molecule has 2 aromatic rings. The maximum Gasteiger partial charge on any atom is 0.254 e. The van der Waals surface area contributed by atoms with Gasteiger partial charge in [0.05, 0.1) is 17.8 Å². The third kappa shape index (κ3) is 3.42. The van der Waals surface area contributed by atoms with Gasteiger partial charge in [0.2, 0.25) is 0 Å². The highest BCUT2D eigenvalue weighted by molar-refractivity contribution is 9.10. The average molecular weight is 337 g/mol. The summed E-state index contributed by atoms with van der Waals surface area (Å²) in [5.41, 5.74) is 0.995. The van der Waals surface area contributed by atoms with Crippen molar-refractivity contribution in [2.45, 2.75) is 19.4 Å². The third-order valence-corrected chi connectivity index (χ3v) is 3.53. The van der Waals surface area contributed by atoms with E-state index in [1.165, 1.54) is 12.3 Å². The van der Waals surface area contributed by atoms with Gasteiger partial charge >= 0.3 is 0 Å². The van der Waals surface area contributed by atoms with E-state index >= 15 is 0 Å². The fourth-order valence-corrected chi connectivity index (χ4v) is 2.18. The number of nitrogens with one attached hydrogen (secondary N) is 1. The Hall–Kier alpha value is -1.75. The van der Waals surface area contributed by atoms with Gasteiger partial charge in [0, 0.05) is 10.7 Å². The molecule has 0 aliphatic heterocycles. The summed E-state index contributed by atoms with van der Waals surface area (Å²) < 4.78 is 14.5. The molecule has 0 radical (unpaired) electrons. The molecule has 104 valence electrons. The van der Waals surface area contributed by atoms with Crippen LogP contribution in [0.4, 0.5) is 4.39 Å². The number of nitrogens with zero attached hydrogens (tertiary/aromatic N) is 1. The van der Waals surface area contributed by atoms with Crippen LogP contribution in [0, 0.1) is 5.82 Å². The lowest BCUT2D eigenvalue weighted by molar-refractivity contribution is 0.0931. The van der Waals surface area contributed by atoms with Gasteiger partial charge in [-0.25, -0.2) is 4.39 Å². The highest BCUT2D eigenvalue weighted by Crippen LogP contribution is 2.20. The van der Waals surface area contributed by atoms with Crippen LogP contribution in [0.25, 0.3) is 0 Å². The van der Waals surface area contributed by atoms with Crippen molar-refractivity contribution in [3.8, 4) is 0 Å². The van der Waals surface area contributed by atoms with Crippen molar-refractivity contribution in [1.29, 1.82) is 0 Å². The van der Waals surface area contributed by atoms with Gasteiger partial charge in [-0.05, 0) is 30.2 Å². The predicted molar refractivity (Wildman–Crippen MR) is 78.8 cm³/mol. The van der Waals surface area contributed by atoms with Gasteiger partial charge in [0.25, 0.3) is 5.91 Å². The minimum Gasteiger partial charge on any atom is -0.345 e. The largest absolute Gasteiger partial charge is 0.345 e. The molecule has 20 heavy (non-hydrogen) atoms. The van der Waals surface area contributed by atoms with Crippen molar-refractivity contribution in [1.82, 2.24) is 10.3 Å². The Bertz CT molecular complexity index is 601. The van der Waals surface area contributed by atoms with E-state index in [1.54, 1.807) is 0 Å². The van der Waals surface area contributed by atoms with E-state index in [0.717, 1.165) is 22.7 Å². The molecule has 1 atom stereocenters. The lowest BCUT2D eigenvalue weighted by Gasteiger charge is -2.17. The second-order valence-corrected chi connectivity index (χ2v) is 5.26. The molecule has 5 heteroatoms. The lowest BCUT2D eigenvalue weighted by atomic mass is 10.0. The number of aromatic nitrogens is 1. The molecule has 1 N–H and O–H groups in total. The maximum atomic E-state index is 13.5. The molecule has 1 amide bonds. The van der Waals surface area contributed by atoms with Crippen LogP contribution in [0.1, 0.15) is 35.3 Å². The van der Waals surface area contributed by atoms with Gasteiger partial charge in [0.1, 0.15) is 0 Å². The monoisotopic (exact) mass is 336 g/mol. The zero-order valence-corrected chi connectivity index (χ0v) is 12.5. The Labute approximate surface area is 125 Å². The number of hydrogen-bond donors (Lipinski definition) is 1. The van der Waals surface area contributed by atoms with Crippen LogP contribution in [-0.2, 0) is 0 Å². The number of amides is 1. The minimum atomic E-state index is -0.615. The van der Waals surface area contributed by atoms with Crippen molar-refractivity contribution in [3.05, 3.63) is 64.1 Å². The number of rotatable bonds is 4. The van der Waals surface area contributed by atoms with Gasteiger partial charge in [0.15, 0.2) is 5.82 Å². The van der Waals surface area contributed by atoms with Crippen LogP contribution >= 0.6 is 15.9 Å². The SMILES string of the molecule is CCC(NC(=O)c1ccncc1F)c1ccc(Br)cc1. The second kappa shape index (κ2) is 6.61. The van der Waals surface area contributed by atoms with E-state index in [0.29, 0.717) is 0 Å². The van der Waals surface area contributed by atoms with Crippen LogP contribution in [0.15, 0.2) is 47.2 Å². The molecule has 0 aliphatic carbocycles. The molecule has 1 aromatic carbocycles. The van der Waals surface area contributed by atoms with Crippen LogP contribution in [0.5, 0.6) is 0 Å². The summed E-state index contributed by atoms with van der Waals surface area (Å²) >= 11 is 3.37. The fraction of sp³-hybridized carbons (Fsp3) is 0.200. The molecule has 0 saturated heterocycles. The molecule has 0 bridgehead atoms. The third-order valence-electron chi connectivity index (χ3n) is 3.00. The van der Waals surface area contributed by atoms with Crippen LogP contribution in [-0.4, -0.2) is 10.9 Å². The summed E-state index contributed by atoms with van der Waals surface area (Å²) in [5.74, 6) is -1.05. The minimum absolute atomic E-state index is 0.00978. The van der Waals surface area contributed by atoms with Crippen molar-refractivity contribution in [2.24, 2.45) is 0 Å². The molecule has 0 fully saturated rings. The van der Waals surface area contributed by atoms with Gasteiger partial charge in [-0.2, -0.15) is 0 Å². The quantitative estimate of drug-likeness (QED) is 0.920. The summed E-state index contributed by atoms with van der Waals surface area (Å²) in [6.07, 6.45) is 3.16. The van der Waals surface area contributed by atoms with Crippen LogP contribution in [0.3, 0.4) is 0 Å². The molecule has 0 spiro atoms. The first-order valence-corrected chi connectivity index (χ1v) is 7.07. The predicted octanol–water partition coefficient (Wildman–Crippen LogP) is 3.86. The molecule has 2 rings (SSSR count). The van der Waals surface area contributed by atoms with Gasteiger partial charge in [-0.1, -0.05) is 35.0 Å². The Morgan fingerprint density at radius 3 is 2.65 bits per heavy atom. The Balaban J connectivity index is 2.16. The van der Waals surface area contributed by atoms with Gasteiger partial charge in [-0.15, -0.1) is 0 Å². The number of halogens is 2. The normalized spacial score (nSPS) is 11.9. The van der Waals surface area contributed by atoms with E-state index in [-0.39, 0.29) is 11.6 Å². The van der Waals surface area contributed by atoms with E-state index in [4.69, 9.17) is 0 Å². The van der Waals surface area contributed by atoms with Crippen molar-refractivity contribution < 1.29 is 9.18 Å². The molecule has 1 heterocycles. The van der Waals surface area contributed by atoms with Gasteiger partial charge in [-0.3, -0.25) is 9.78 Å². The molecule has 1 aromatic heterocycles. The first-order valence-electron chi connectivity index (χ1n) is 6.27. The Kier molecular flexibility index (Phi) is 4.84. The number of benzene rings is 1. The number of carbonyl (C=O) groups excluding carboxylic acids is 1. The van der Waals surface area contributed by atoms with Gasteiger partial charge < -0.3 is 5.32 Å². The molecule has 3 nitrogen and oxygen atoms in total. The van der Waals surface area contributed by atoms with E-state index in [1.807, 2.05) is 31.2 Å². The number of pyridine rings is 1. The molecule has 0 saturated carbocycles. The van der Waals surface area contributed by atoms with E-state index in [2.05, 4.69) is 26.2 Å². The van der Waals surface area contributed by atoms with E-state index in [9.17, 15) is 9.18 Å². The summed E-state index contributed by atoms with van der Waals surface area (Å²) in [4.78, 5) is 15.7. The Morgan fingerprint density at radius 1 is 1.35 bits per heavy atom. The smallest absolute Gasteiger partial charge is 0.254 e. The Morgan fingerprint density at radius 2 is 2.05 bits per heavy atom. The van der Waals surface area contributed by atoms with Crippen molar-refractivity contribution in [2.75, 3.05) is 0 Å². The summed E-state index contributed by atoms with van der Waals surface area (Å²) in [7, 11) is 0. The zero-order chi connectivity index (χ0) is 14.5. The summed E-state index contributed by atoms with van der Waals surface area (Å²) in [6, 6.07) is 8.92. The number of carbonyl (C=O) groups is 1. The highest BCUT2D eigenvalue weighted by Gasteiger charge is 2.16. The highest BCUT2D eigenvalue weighted by atomic mass is 79.9. The first kappa shape index (κ1) is 14.7. The fourth-order valence-electron chi connectivity index (χ4n) is 1.91. The lowest BCUT2D eigenvalue weighted by Crippen LogP contribution is -2.28. The molecular formula is C15H14BrFN2O. The second-order valence-electron chi connectivity index (χ2n) is 4.34. The molecule has 1 unspecified atom stereocenters. The van der Waals surface area contributed by atoms with Crippen molar-refractivity contribution in [3.63, 3.8) is 0 Å². The van der Waals surface area contributed by atoms with Crippen LogP contribution in [0.2, 0.25) is 0 Å². The average Bonchev–Trinajstić information content (AvgIpc) is 2.46. The molecule has 0 aliphatic rings. The van der Waals surface area contributed by atoms with Crippen molar-refractivity contribution >= 4 is 21.8 Å². The zero-order valence-electron chi connectivity index (χ0n) is 10.9. The summed E-state index contributed by atoms with van der Waals surface area (Å²) in [5, 5.41) is 2.84. The number of hydrogen-bond acceptors (Lipinski definition) is 2. The first-order chi connectivity index (χ1) is 9.61. The maximum absolute atomic E-state index is 13.5. The summed E-state index contributed by atoms with van der Waals surface area (Å²) in [6.45, 7) is 1.97. The van der Waals surface area contributed by atoms with Crippen LogP contribution < -0.4 is 5.32 Å². The topological polar surface area (TPSA) is 42.0 Å². The van der Waals surface area contributed by atoms with E-state index < -0.39 is 11.7 Å².